The van der Waals surface area contributed by atoms with Gasteiger partial charge in [-0.15, -0.1) is 0 Å². The molecule has 0 unspecified atom stereocenters. The van der Waals surface area contributed by atoms with Crippen molar-refractivity contribution >= 4 is 0 Å². The second-order valence-electron chi connectivity index (χ2n) is 2.46. The number of hydrogen-bond donors (Lipinski definition) is 0. The summed E-state index contributed by atoms with van der Waals surface area (Å²) in [6.45, 7) is 0. The highest BCUT2D eigenvalue weighted by molar-refractivity contribution is 5.33. The van der Waals surface area contributed by atoms with E-state index < -0.39 is 11.6 Å². The highest BCUT2D eigenvalue weighted by Crippen LogP contribution is 2.15. The number of benzene rings is 1. The zero-order valence-corrected chi connectivity index (χ0v) is 6.54. The van der Waals surface area contributed by atoms with Gasteiger partial charge >= 0.3 is 0 Å². The molecule has 0 amide bonds. The Kier molecular flexibility index (Phi) is 1.81. The zero-order valence-electron chi connectivity index (χ0n) is 6.54. The number of halogens is 2. The fourth-order valence-corrected chi connectivity index (χ4v) is 1.06. The standard InChI is InChI=1S/C9H5F2N2/c10-7-3-1-4-8(11)9(7)13-6-2-5-12-13/h1,3-6H. The van der Waals surface area contributed by atoms with E-state index >= 15 is 0 Å². The number of rotatable bonds is 1. The normalized spacial score (nSPS) is 10.3. The molecule has 0 atom stereocenters. The van der Waals surface area contributed by atoms with Crippen molar-refractivity contribution in [2.24, 2.45) is 0 Å². The third-order valence-electron chi connectivity index (χ3n) is 1.62. The minimum Gasteiger partial charge on any atom is -0.234 e. The molecule has 0 aliphatic carbocycles. The van der Waals surface area contributed by atoms with Crippen molar-refractivity contribution in [3.05, 3.63) is 48.3 Å². The topological polar surface area (TPSA) is 17.8 Å². The van der Waals surface area contributed by atoms with Crippen LogP contribution >= 0.6 is 0 Å². The van der Waals surface area contributed by atoms with E-state index in [9.17, 15) is 8.78 Å². The van der Waals surface area contributed by atoms with Crippen LogP contribution in [0.4, 0.5) is 8.78 Å². The molecule has 0 saturated carbocycles. The average Bonchev–Trinajstić information content (AvgIpc) is 2.57. The van der Waals surface area contributed by atoms with Gasteiger partial charge in [0.1, 0.15) is 5.69 Å². The molecule has 0 spiro atoms. The lowest BCUT2D eigenvalue weighted by molar-refractivity contribution is 0.560. The SMILES string of the molecule is Fc1cccc(F)c1-n1c[c]cn1. The van der Waals surface area contributed by atoms with Gasteiger partial charge < -0.3 is 0 Å². The second kappa shape index (κ2) is 2.97. The number of hydrogen-bond acceptors (Lipinski definition) is 1. The third-order valence-corrected chi connectivity index (χ3v) is 1.62. The Labute approximate surface area is 73.4 Å². The van der Waals surface area contributed by atoms with Gasteiger partial charge in [0.05, 0.1) is 6.20 Å². The molecule has 2 aromatic rings. The molecule has 0 bridgehead atoms. The summed E-state index contributed by atoms with van der Waals surface area (Å²) in [6.07, 6.45) is 2.70. The number of nitrogens with zero attached hydrogens (tertiary/aromatic N) is 2. The molecule has 1 aromatic carbocycles. The monoisotopic (exact) mass is 179 g/mol. The van der Waals surface area contributed by atoms with E-state index in [0.717, 1.165) is 4.68 Å². The van der Waals surface area contributed by atoms with Crippen molar-refractivity contribution in [1.82, 2.24) is 9.78 Å². The van der Waals surface area contributed by atoms with Gasteiger partial charge in [0.25, 0.3) is 0 Å². The number of para-hydroxylation sites is 1. The predicted octanol–water partition coefficient (Wildman–Crippen LogP) is 1.95. The lowest BCUT2D eigenvalue weighted by Gasteiger charge is -2.03. The molecule has 0 saturated heterocycles. The molecule has 0 aliphatic heterocycles. The van der Waals surface area contributed by atoms with E-state index in [4.69, 9.17) is 0 Å². The second-order valence-corrected chi connectivity index (χ2v) is 2.46. The van der Waals surface area contributed by atoms with Crippen LogP contribution in [0.5, 0.6) is 0 Å². The summed E-state index contributed by atoms with van der Waals surface area (Å²) in [7, 11) is 0. The van der Waals surface area contributed by atoms with E-state index in [1.165, 1.54) is 30.6 Å². The van der Waals surface area contributed by atoms with E-state index in [2.05, 4.69) is 11.2 Å². The first kappa shape index (κ1) is 7.91. The maximum Gasteiger partial charge on any atom is 0.151 e. The summed E-state index contributed by atoms with van der Waals surface area (Å²) < 4.78 is 27.3. The lowest BCUT2D eigenvalue weighted by Crippen LogP contribution is -2.01. The Morgan fingerprint density at radius 2 is 1.92 bits per heavy atom. The Bertz CT molecular complexity index is 389. The van der Waals surface area contributed by atoms with E-state index in [1.807, 2.05) is 0 Å². The van der Waals surface area contributed by atoms with Gasteiger partial charge in [-0.1, -0.05) is 6.07 Å². The summed E-state index contributed by atoms with van der Waals surface area (Å²) in [5.74, 6) is -1.28. The Morgan fingerprint density at radius 1 is 1.23 bits per heavy atom. The first-order valence-corrected chi connectivity index (χ1v) is 3.64. The zero-order chi connectivity index (χ0) is 9.26. The van der Waals surface area contributed by atoms with Crippen LogP contribution < -0.4 is 0 Å². The Hall–Kier alpha value is -1.71. The van der Waals surface area contributed by atoms with E-state index in [0.29, 0.717) is 0 Å². The van der Waals surface area contributed by atoms with Crippen molar-refractivity contribution < 1.29 is 8.78 Å². The van der Waals surface area contributed by atoms with E-state index in [-0.39, 0.29) is 5.69 Å². The van der Waals surface area contributed by atoms with Crippen molar-refractivity contribution in [2.75, 3.05) is 0 Å². The quantitative estimate of drug-likeness (QED) is 0.654. The average molecular weight is 179 g/mol. The van der Waals surface area contributed by atoms with Crippen molar-refractivity contribution in [3.63, 3.8) is 0 Å². The van der Waals surface area contributed by atoms with Crippen LogP contribution in [-0.4, -0.2) is 9.78 Å². The molecule has 65 valence electrons. The molecule has 0 N–H and O–H groups in total. The largest absolute Gasteiger partial charge is 0.234 e. The minimum absolute atomic E-state index is 0.177. The molecule has 1 heterocycles. The van der Waals surface area contributed by atoms with Crippen LogP contribution in [0.3, 0.4) is 0 Å². The fourth-order valence-electron chi connectivity index (χ4n) is 1.06. The van der Waals surface area contributed by atoms with Gasteiger partial charge in [-0.2, -0.15) is 5.10 Å². The lowest BCUT2D eigenvalue weighted by atomic mass is 10.3. The molecule has 0 fully saturated rings. The predicted molar refractivity (Wildman–Crippen MR) is 42.3 cm³/mol. The van der Waals surface area contributed by atoms with Gasteiger partial charge in [-0.05, 0) is 12.1 Å². The van der Waals surface area contributed by atoms with Gasteiger partial charge in [-0.25, -0.2) is 13.5 Å². The molecule has 2 rings (SSSR count). The first-order chi connectivity index (χ1) is 6.29. The van der Waals surface area contributed by atoms with Gasteiger partial charge in [0.15, 0.2) is 11.6 Å². The molecule has 4 heteroatoms. The highest BCUT2D eigenvalue weighted by atomic mass is 19.1. The van der Waals surface area contributed by atoms with Crippen LogP contribution in [0.2, 0.25) is 0 Å². The summed E-state index contributed by atoms with van der Waals surface area (Å²) in [5, 5.41) is 3.69. The summed E-state index contributed by atoms with van der Waals surface area (Å²) >= 11 is 0. The Morgan fingerprint density at radius 3 is 2.46 bits per heavy atom. The van der Waals surface area contributed by atoms with Crippen molar-refractivity contribution in [3.8, 4) is 5.69 Å². The summed E-state index contributed by atoms with van der Waals surface area (Å²) in [4.78, 5) is 0. The maximum atomic E-state index is 13.1. The molecule has 1 radical (unpaired) electrons. The summed E-state index contributed by atoms with van der Waals surface area (Å²) in [5.41, 5.74) is -0.177. The molecule has 13 heavy (non-hydrogen) atoms. The molecular formula is C9H5F2N2. The molecule has 1 aromatic heterocycles. The Balaban J connectivity index is 2.64. The van der Waals surface area contributed by atoms with Gasteiger partial charge in [0.2, 0.25) is 0 Å². The minimum atomic E-state index is -0.642. The van der Waals surface area contributed by atoms with Crippen LogP contribution in [0.15, 0.2) is 30.6 Å². The maximum absolute atomic E-state index is 13.1. The summed E-state index contributed by atoms with van der Waals surface area (Å²) in [6, 6.07) is 6.27. The van der Waals surface area contributed by atoms with Crippen LogP contribution in [0, 0.1) is 17.7 Å². The fraction of sp³-hybridized carbons (Fsp3) is 0. The van der Waals surface area contributed by atoms with Crippen LogP contribution in [0.1, 0.15) is 0 Å². The van der Waals surface area contributed by atoms with Crippen molar-refractivity contribution in [1.29, 1.82) is 0 Å². The van der Waals surface area contributed by atoms with Gasteiger partial charge in [-0.3, -0.25) is 0 Å². The first-order valence-electron chi connectivity index (χ1n) is 3.64. The molecule has 2 nitrogen and oxygen atoms in total. The van der Waals surface area contributed by atoms with E-state index in [1.54, 1.807) is 0 Å². The van der Waals surface area contributed by atoms with Crippen molar-refractivity contribution in [2.45, 2.75) is 0 Å². The van der Waals surface area contributed by atoms with Crippen LogP contribution in [-0.2, 0) is 0 Å². The van der Waals surface area contributed by atoms with Gasteiger partial charge in [0, 0.05) is 12.3 Å². The highest BCUT2D eigenvalue weighted by Gasteiger charge is 2.09. The van der Waals surface area contributed by atoms with Crippen LogP contribution in [0.25, 0.3) is 5.69 Å². The third kappa shape index (κ3) is 1.30. The molecular weight excluding hydrogens is 174 g/mol. The molecule has 0 aliphatic rings. The smallest absolute Gasteiger partial charge is 0.151 e. The number of aromatic nitrogens is 2.